The summed E-state index contributed by atoms with van der Waals surface area (Å²) in [5.74, 6) is 1.74. The summed E-state index contributed by atoms with van der Waals surface area (Å²) in [6.45, 7) is 6.78. The van der Waals surface area contributed by atoms with E-state index in [0.29, 0.717) is 5.88 Å². The van der Waals surface area contributed by atoms with E-state index in [9.17, 15) is 4.79 Å². The van der Waals surface area contributed by atoms with E-state index in [1.165, 1.54) is 25.7 Å². The van der Waals surface area contributed by atoms with Crippen LogP contribution in [-0.2, 0) is 4.79 Å². The van der Waals surface area contributed by atoms with Gasteiger partial charge in [-0.15, -0.1) is 11.6 Å². The van der Waals surface area contributed by atoms with Crippen LogP contribution in [0.3, 0.4) is 0 Å². The number of halogens is 1. The zero-order valence-corrected chi connectivity index (χ0v) is 14.1. The topological polar surface area (TPSA) is 29.1 Å². The van der Waals surface area contributed by atoms with Gasteiger partial charge in [0.15, 0.2) is 0 Å². The van der Waals surface area contributed by atoms with Gasteiger partial charge in [0.25, 0.3) is 0 Å². The molecule has 3 heteroatoms. The van der Waals surface area contributed by atoms with Crippen molar-refractivity contribution in [1.82, 2.24) is 5.32 Å². The Labute approximate surface area is 129 Å². The van der Waals surface area contributed by atoms with Crippen LogP contribution in [0.15, 0.2) is 0 Å². The van der Waals surface area contributed by atoms with Gasteiger partial charge in [-0.2, -0.15) is 0 Å². The lowest BCUT2D eigenvalue weighted by Crippen LogP contribution is -2.55. The van der Waals surface area contributed by atoms with Crippen LogP contribution < -0.4 is 5.32 Å². The number of hydrogen-bond donors (Lipinski definition) is 1. The molecule has 1 unspecified atom stereocenters. The molecule has 2 fully saturated rings. The van der Waals surface area contributed by atoms with Gasteiger partial charge in [-0.3, -0.25) is 4.79 Å². The molecule has 0 radical (unpaired) electrons. The quantitative estimate of drug-likeness (QED) is 0.763. The first-order valence-corrected chi connectivity index (χ1v) is 8.80. The van der Waals surface area contributed by atoms with E-state index in [-0.39, 0.29) is 22.8 Å². The maximum atomic E-state index is 12.8. The number of carbonyl (C=O) groups excluding carboxylic acids is 1. The van der Waals surface area contributed by atoms with Crippen LogP contribution in [-0.4, -0.2) is 17.3 Å². The minimum absolute atomic E-state index is 0.137. The van der Waals surface area contributed by atoms with Crippen molar-refractivity contribution in [3.63, 3.8) is 0 Å². The highest BCUT2D eigenvalue weighted by Crippen LogP contribution is 2.41. The number of nitrogens with one attached hydrogen (secondary N) is 1. The molecule has 2 aliphatic carbocycles. The van der Waals surface area contributed by atoms with E-state index >= 15 is 0 Å². The Bertz CT molecular complexity index is 345. The molecule has 1 atom stereocenters. The Kier molecular flexibility index (Phi) is 5.05. The molecule has 116 valence electrons. The van der Waals surface area contributed by atoms with E-state index in [1.807, 2.05) is 0 Å². The molecule has 1 N–H and O–H groups in total. The summed E-state index contributed by atoms with van der Waals surface area (Å²) in [6, 6.07) is 0. The summed E-state index contributed by atoms with van der Waals surface area (Å²) in [6.07, 6.45) is 9.08. The average Bonchev–Trinajstić information content (AvgIpc) is 2.41. The highest BCUT2D eigenvalue weighted by atomic mass is 35.5. The molecular weight excluding hydrogens is 270 g/mol. The van der Waals surface area contributed by atoms with Crippen LogP contribution in [0.2, 0.25) is 0 Å². The lowest BCUT2D eigenvalue weighted by molar-refractivity contribution is -0.132. The molecule has 2 nitrogen and oxygen atoms in total. The number of alkyl halides is 1. The Balaban J connectivity index is 2.02. The highest BCUT2D eigenvalue weighted by molar-refractivity contribution is 6.18. The maximum Gasteiger partial charge on any atom is 0.224 e. The summed E-state index contributed by atoms with van der Waals surface area (Å²) >= 11 is 6.22. The largest absolute Gasteiger partial charge is 0.349 e. The molecule has 0 aromatic heterocycles. The predicted octanol–water partition coefficient (Wildman–Crippen LogP) is 4.51. The molecule has 2 rings (SSSR count). The second-order valence-electron chi connectivity index (χ2n) is 7.87. The number of hydrogen-bond acceptors (Lipinski definition) is 1. The number of carbonyl (C=O) groups is 1. The van der Waals surface area contributed by atoms with Crippen molar-refractivity contribution in [2.24, 2.45) is 17.3 Å². The van der Waals surface area contributed by atoms with Crippen LogP contribution >= 0.6 is 11.6 Å². The summed E-state index contributed by atoms with van der Waals surface area (Å²) in [7, 11) is 0. The monoisotopic (exact) mass is 299 g/mol. The van der Waals surface area contributed by atoms with Gasteiger partial charge in [0.1, 0.15) is 0 Å². The minimum Gasteiger partial charge on any atom is -0.349 e. The highest BCUT2D eigenvalue weighted by Gasteiger charge is 2.41. The molecule has 0 heterocycles. The van der Waals surface area contributed by atoms with Gasteiger partial charge >= 0.3 is 0 Å². The molecule has 20 heavy (non-hydrogen) atoms. The number of rotatable bonds is 3. The van der Waals surface area contributed by atoms with Crippen molar-refractivity contribution in [2.75, 3.05) is 5.88 Å². The fourth-order valence-electron chi connectivity index (χ4n) is 3.94. The van der Waals surface area contributed by atoms with Gasteiger partial charge < -0.3 is 5.32 Å². The molecule has 0 aromatic carbocycles. The van der Waals surface area contributed by atoms with E-state index < -0.39 is 0 Å². The fraction of sp³-hybridized carbons (Fsp3) is 0.941. The van der Waals surface area contributed by atoms with Crippen LogP contribution in [0.5, 0.6) is 0 Å². The van der Waals surface area contributed by atoms with Gasteiger partial charge in [0.05, 0.1) is 5.54 Å². The third-order valence-electron chi connectivity index (χ3n) is 5.70. The first kappa shape index (κ1) is 16.1. The van der Waals surface area contributed by atoms with Gasteiger partial charge in [0.2, 0.25) is 5.91 Å². The number of amides is 1. The van der Waals surface area contributed by atoms with Crippen molar-refractivity contribution in [1.29, 1.82) is 0 Å². The Morgan fingerprint density at radius 3 is 2.35 bits per heavy atom. The zero-order chi connectivity index (χ0) is 14.8. The molecule has 0 spiro atoms. The van der Waals surface area contributed by atoms with E-state index in [0.717, 1.165) is 31.6 Å². The second-order valence-corrected chi connectivity index (χ2v) is 8.14. The van der Waals surface area contributed by atoms with Crippen LogP contribution in [0.25, 0.3) is 0 Å². The van der Waals surface area contributed by atoms with Gasteiger partial charge in [0, 0.05) is 11.8 Å². The first-order valence-electron chi connectivity index (χ1n) is 8.27. The van der Waals surface area contributed by atoms with Crippen molar-refractivity contribution >= 4 is 17.5 Å². The second kappa shape index (κ2) is 6.25. The average molecular weight is 300 g/mol. The smallest absolute Gasteiger partial charge is 0.224 e. The Morgan fingerprint density at radius 1 is 1.15 bits per heavy atom. The molecule has 0 saturated heterocycles. The summed E-state index contributed by atoms with van der Waals surface area (Å²) in [4.78, 5) is 12.8. The SMILES string of the molecule is CC1CCC(CCl)(NC(=O)C2CCCCC2(C)C)CC1. The Morgan fingerprint density at radius 2 is 1.80 bits per heavy atom. The fourth-order valence-corrected chi connectivity index (χ4v) is 4.27. The summed E-state index contributed by atoms with van der Waals surface area (Å²) < 4.78 is 0. The van der Waals surface area contributed by atoms with Gasteiger partial charge in [-0.1, -0.05) is 33.6 Å². The van der Waals surface area contributed by atoms with Crippen molar-refractivity contribution in [3.8, 4) is 0 Å². The third kappa shape index (κ3) is 3.50. The molecule has 1 amide bonds. The van der Waals surface area contributed by atoms with E-state index in [4.69, 9.17) is 11.6 Å². The molecule has 2 aliphatic rings. The lowest BCUT2D eigenvalue weighted by Gasteiger charge is -2.43. The Hall–Kier alpha value is -0.240. The summed E-state index contributed by atoms with van der Waals surface area (Å²) in [5.41, 5.74) is -0.00350. The normalized spacial score (nSPS) is 37.4. The van der Waals surface area contributed by atoms with Crippen molar-refractivity contribution in [2.45, 2.75) is 77.7 Å². The van der Waals surface area contributed by atoms with E-state index in [2.05, 4.69) is 26.1 Å². The lowest BCUT2D eigenvalue weighted by atomic mass is 9.68. The van der Waals surface area contributed by atoms with Crippen LogP contribution in [0.1, 0.15) is 72.1 Å². The van der Waals surface area contributed by atoms with Gasteiger partial charge in [-0.25, -0.2) is 0 Å². The van der Waals surface area contributed by atoms with Crippen LogP contribution in [0.4, 0.5) is 0 Å². The maximum absolute atomic E-state index is 12.8. The molecular formula is C17H30ClNO. The van der Waals surface area contributed by atoms with Crippen molar-refractivity contribution < 1.29 is 4.79 Å². The van der Waals surface area contributed by atoms with E-state index in [1.54, 1.807) is 0 Å². The first-order chi connectivity index (χ1) is 9.38. The summed E-state index contributed by atoms with van der Waals surface area (Å²) in [5, 5.41) is 3.36. The van der Waals surface area contributed by atoms with Crippen molar-refractivity contribution in [3.05, 3.63) is 0 Å². The molecule has 2 saturated carbocycles. The van der Waals surface area contributed by atoms with Crippen LogP contribution in [0, 0.1) is 17.3 Å². The third-order valence-corrected chi connectivity index (χ3v) is 6.21. The minimum atomic E-state index is -0.140. The van der Waals surface area contributed by atoms with Gasteiger partial charge in [-0.05, 0) is 49.9 Å². The molecule has 0 bridgehead atoms. The molecule has 0 aliphatic heterocycles. The zero-order valence-electron chi connectivity index (χ0n) is 13.3. The predicted molar refractivity (Wildman–Crippen MR) is 85.0 cm³/mol. The standard InChI is InChI=1S/C17H30ClNO/c1-13-7-10-17(12-18,11-8-13)19-15(20)14-6-4-5-9-16(14,2)3/h13-14H,4-12H2,1-3H3,(H,19,20). The molecule has 0 aromatic rings.